The molecule has 1 heterocycles. The molecule has 0 amide bonds. The monoisotopic (exact) mass is 219 g/mol. The van der Waals surface area contributed by atoms with E-state index >= 15 is 0 Å². The van der Waals surface area contributed by atoms with Gasteiger partial charge in [-0.2, -0.15) is 0 Å². The molecule has 1 aliphatic rings. The molecule has 1 unspecified atom stereocenters. The second-order valence-electron chi connectivity index (χ2n) is 4.53. The van der Waals surface area contributed by atoms with Crippen LogP contribution in [0.25, 0.3) is 0 Å². The SMILES string of the molecule is COc1ccc(CCCC2CCCN2)cc1. The van der Waals surface area contributed by atoms with Crippen LogP contribution < -0.4 is 10.1 Å². The molecule has 1 atom stereocenters. The first-order valence-corrected chi connectivity index (χ1v) is 6.25. The van der Waals surface area contributed by atoms with Crippen LogP contribution >= 0.6 is 0 Å². The fourth-order valence-corrected chi connectivity index (χ4v) is 2.35. The molecule has 0 spiro atoms. The summed E-state index contributed by atoms with van der Waals surface area (Å²) in [6.07, 6.45) is 6.49. The number of nitrogens with one attached hydrogen (secondary N) is 1. The minimum absolute atomic E-state index is 0.776. The molecule has 0 saturated carbocycles. The fourth-order valence-electron chi connectivity index (χ4n) is 2.35. The zero-order chi connectivity index (χ0) is 11.2. The Morgan fingerprint density at radius 1 is 1.31 bits per heavy atom. The highest BCUT2D eigenvalue weighted by Crippen LogP contribution is 2.15. The minimum atomic E-state index is 0.776. The molecule has 0 radical (unpaired) electrons. The third kappa shape index (κ3) is 3.24. The lowest BCUT2D eigenvalue weighted by Crippen LogP contribution is -2.20. The van der Waals surface area contributed by atoms with Crippen molar-refractivity contribution in [2.24, 2.45) is 0 Å². The second kappa shape index (κ2) is 5.90. The predicted molar refractivity (Wildman–Crippen MR) is 67.0 cm³/mol. The van der Waals surface area contributed by atoms with Crippen molar-refractivity contribution in [2.45, 2.75) is 38.1 Å². The van der Waals surface area contributed by atoms with Crippen LogP contribution in [-0.2, 0) is 6.42 Å². The summed E-state index contributed by atoms with van der Waals surface area (Å²) >= 11 is 0. The van der Waals surface area contributed by atoms with Gasteiger partial charge in [0, 0.05) is 6.04 Å². The summed E-state index contributed by atoms with van der Waals surface area (Å²) < 4.78 is 5.14. The molecule has 1 saturated heterocycles. The molecular formula is C14H21NO. The highest BCUT2D eigenvalue weighted by atomic mass is 16.5. The van der Waals surface area contributed by atoms with E-state index in [0.29, 0.717) is 0 Å². The highest BCUT2D eigenvalue weighted by Gasteiger charge is 2.12. The fraction of sp³-hybridized carbons (Fsp3) is 0.571. The summed E-state index contributed by atoms with van der Waals surface area (Å²) in [7, 11) is 1.71. The van der Waals surface area contributed by atoms with E-state index in [1.165, 1.54) is 44.2 Å². The lowest BCUT2D eigenvalue weighted by atomic mass is 10.0. The van der Waals surface area contributed by atoms with E-state index in [9.17, 15) is 0 Å². The molecule has 2 rings (SSSR count). The Kier molecular flexibility index (Phi) is 4.23. The predicted octanol–water partition coefficient (Wildman–Crippen LogP) is 2.77. The third-order valence-corrected chi connectivity index (χ3v) is 3.34. The number of aryl methyl sites for hydroxylation is 1. The maximum Gasteiger partial charge on any atom is 0.118 e. The van der Waals surface area contributed by atoms with Gasteiger partial charge in [-0.25, -0.2) is 0 Å². The first-order valence-electron chi connectivity index (χ1n) is 6.25. The molecular weight excluding hydrogens is 198 g/mol. The Morgan fingerprint density at radius 2 is 2.12 bits per heavy atom. The first-order chi connectivity index (χ1) is 7.88. The number of ether oxygens (including phenoxy) is 1. The quantitative estimate of drug-likeness (QED) is 0.822. The van der Waals surface area contributed by atoms with Gasteiger partial charge < -0.3 is 10.1 Å². The maximum absolute atomic E-state index is 5.14. The Labute approximate surface area is 98.0 Å². The largest absolute Gasteiger partial charge is 0.497 e. The van der Waals surface area contributed by atoms with E-state index in [1.807, 2.05) is 12.1 Å². The maximum atomic E-state index is 5.14. The summed E-state index contributed by atoms with van der Waals surface area (Å²) in [4.78, 5) is 0. The van der Waals surface area contributed by atoms with E-state index in [-0.39, 0.29) is 0 Å². The van der Waals surface area contributed by atoms with Crippen molar-refractivity contribution in [1.82, 2.24) is 5.32 Å². The van der Waals surface area contributed by atoms with Gasteiger partial charge in [0.1, 0.15) is 5.75 Å². The average Bonchev–Trinajstić information content (AvgIpc) is 2.83. The average molecular weight is 219 g/mol. The van der Waals surface area contributed by atoms with E-state index in [1.54, 1.807) is 7.11 Å². The van der Waals surface area contributed by atoms with Crippen LogP contribution in [-0.4, -0.2) is 19.7 Å². The van der Waals surface area contributed by atoms with Crippen LogP contribution in [0.3, 0.4) is 0 Å². The molecule has 88 valence electrons. The Morgan fingerprint density at radius 3 is 2.75 bits per heavy atom. The van der Waals surface area contributed by atoms with Crippen molar-refractivity contribution in [3.05, 3.63) is 29.8 Å². The summed E-state index contributed by atoms with van der Waals surface area (Å²) in [5, 5.41) is 3.54. The smallest absolute Gasteiger partial charge is 0.118 e. The van der Waals surface area contributed by atoms with Gasteiger partial charge in [-0.05, 0) is 56.3 Å². The molecule has 0 aliphatic carbocycles. The lowest BCUT2D eigenvalue weighted by Gasteiger charge is -2.09. The topological polar surface area (TPSA) is 21.3 Å². The number of methoxy groups -OCH3 is 1. The number of benzene rings is 1. The van der Waals surface area contributed by atoms with Crippen molar-refractivity contribution in [3.63, 3.8) is 0 Å². The summed E-state index contributed by atoms with van der Waals surface area (Å²) in [6, 6.07) is 9.20. The summed E-state index contributed by atoms with van der Waals surface area (Å²) in [5.41, 5.74) is 1.42. The van der Waals surface area contributed by atoms with Gasteiger partial charge in [0.15, 0.2) is 0 Å². The number of hydrogen-bond acceptors (Lipinski definition) is 2. The van der Waals surface area contributed by atoms with E-state index in [2.05, 4.69) is 17.4 Å². The molecule has 1 aromatic carbocycles. The van der Waals surface area contributed by atoms with Crippen LogP contribution in [0, 0.1) is 0 Å². The summed E-state index contributed by atoms with van der Waals surface area (Å²) in [5.74, 6) is 0.946. The van der Waals surface area contributed by atoms with Crippen molar-refractivity contribution in [2.75, 3.05) is 13.7 Å². The number of rotatable bonds is 5. The zero-order valence-corrected chi connectivity index (χ0v) is 10.0. The summed E-state index contributed by atoms with van der Waals surface area (Å²) in [6.45, 7) is 1.22. The normalized spacial score (nSPS) is 19.9. The van der Waals surface area contributed by atoms with Gasteiger partial charge in [0.2, 0.25) is 0 Å². The molecule has 1 N–H and O–H groups in total. The molecule has 0 aromatic heterocycles. The highest BCUT2D eigenvalue weighted by molar-refractivity contribution is 5.27. The van der Waals surface area contributed by atoms with Crippen LogP contribution in [0.5, 0.6) is 5.75 Å². The van der Waals surface area contributed by atoms with Gasteiger partial charge in [0.05, 0.1) is 7.11 Å². The Hall–Kier alpha value is -1.02. The zero-order valence-electron chi connectivity index (χ0n) is 10.0. The molecule has 2 nitrogen and oxygen atoms in total. The van der Waals surface area contributed by atoms with E-state index in [0.717, 1.165) is 11.8 Å². The van der Waals surface area contributed by atoms with Crippen molar-refractivity contribution < 1.29 is 4.74 Å². The second-order valence-corrected chi connectivity index (χ2v) is 4.53. The van der Waals surface area contributed by atoms with Crippen LogP contribution in [0.4, 0.5) is 0 Å². The van der Waals surface area contributed by atoms with Crippen LogP contribution in [0.2, 0.25) is 0 Å². The van der Waals surface area contributed by atoms with E-state index in [4.69, 9.17) is 4.74 Å². The van der Waals surface area contributed by atoms with Crippen molar-refractivity contribution in [3.8, 4) is 5.75 Å². The standard InChI is InChI=1S/C14H21NO/c1-16-14-9-7-12(8-10-14)4-2-5-13-6-3-11-15-13/h7-10,13,15H,2-6,11H2,1H3. The van der Waals surface area contributed by atoms with Gasteiger partial charge in [-0.15, -0.1) is 0 Å². The molecule has 16 heavy (non-hydrogen) atoms. The lowest BCUT2D eigenvalue weighted by molar-refractivity contribution is 0.414. The van der Waals surface area contributed by atoms with Gasteiger partial charge >= 0.3 is 0 Å². The van der Waals surface area contributed by atoms with Gasteiger partial charge in [-0.3, -0.25) is 0 Å². The molecule has 2 heteroatoms. The van der Waals surface area contributed by atoms with Gasteiger partial charge in [0.25, 0.3) is 0 Å². The molecule has 1 fully saturated rings. The van der Waals surface area contributed by atoms with Gasteiger partial charge in [-0.1, -0.05) is 12.1 Å². The van der Waals surface area contributed by atoms with Crippen LogP contribution in [0.1, 0.15) is 31.2 Å². The van der Waals surface area contributed by atoms with Crippen molar-refractivity contribution in [1.29, 1.82) is 0 Å². The van der Waals surface area contributed by atoms with Crippen molar-refractivity contribution >= 4 is 0 Å². The van der Waals surface area contributed by atoms with Crippen LogP contribution in [0.15, 0.2) is 24.3 Å². The Bertz CT molecular complexity index is 301. The molecule has 0 bridgehead atoms. The molecule has 1 aromatic rings. The number of hydrogen-bond donors (Lipinski definition) is 1. The Balaban J connectivity index is 1.71. The third-order valence-electron chi connectivity index (χ3n) is 3.34. The van der Waals surface area contributed by atoms with E-state index < -0.39 is 0 Å². The molecule has 1 aliphatic heterocycles. The first kappa shape index (κ1) is 11.5. The minimum Gasteiger partial charge on any atom is -0.497 e.